The molecule has 2 N–H and O–H groups in total. The van der Waals surface area contributed by atoms with Crippen LogP contribution in [-0.4, -0.2) is 40.3 Å². The van der Waals surface area contributed by atoms with Gasteiger partial charge in [0, 0.05) is 26.1 Å². The van der Waals surface area contributed by atoms with Gasteiger partial charge in [0.15, 0.2) is 5.69 Å². The lowest BCUT2D eigenvalue weighted by Gasteiger charge is -2.26. The van der Waals surface area contributed by atoms with Crippen molar-refractivity contribution in [3.8, 4) is 0 Å². The topological polar surface area (TPSA) is 85.3 Å². The molecule has 0 spiro atoms. The van der Waals surface area contributed by atoms with Crippen LogP contribution in [0.3, 0.4) is 0 Å². The molecular weight excluding hydrogens is 284 g/mol. The first-order chi connectivity index (χ1) is 10.4. The Balaban J connectivity index is 1.88. The van der Waals surface area contributed by atoms with Gasteiger partial charge in [-0.15, -0.1) is 0 Å². The number of carbonyl (C=O) groups is 2. The molecule has 2 atom stereocenters. The van der Waals surface area contributed by atoms with Gasteiger partial charge >= 0.3 is 0 Å². The van der Waals surface area contributed by atoms with Gasteiger partial charge in [0.1, 0.15) is 5.54 Å². The number of aryl methyl sites for hydroxylation is 1. The van der Waals surface area contributed by atoms with E-state index in [9.17, 15) is 9.59 Å². The number of carbonyl (C=O) groups excluding carboxylic acids is 2. The van der Waals surface area contributed by atoms with E-state index in [2.05, 4.69) is 15.7 Å². The normalized spacial score (nSPS) is 25.3. The van der Waals surface area contributed by atoms with Crippen LogP contribution in [0.25, 0.3) is 0 Å². The minimum atomic E-state index is -0.751. The lowest BCUT2D eigenvalue weighted by atomic mass is 9.99. The first-order valence-electron chi connectivity index (χ1n) is 7.64. The number of nitrogens with zero attached hydrogens (tertiary/aromatic N) is 2. The molecule has 0 aromatic carbocycles. The van der Waals surface area contributed by atoms with Crippen LogP contribution in [0.2, 0.25) is 0 Å². The Kier molecular flexibility index (Phi) is 3.47. The molecule has 1 saturated carbocycles. The predicted molar refractivity (Wildman–Crippen MR) is 79.4 cm³/mol. The Hall–Kier alpha value is -1.89. The molecule has 2 aliphatic rings. The molecule has 3 rings (SSSR count). The number of fused-ring (bicyclic) bond motifs is 1. The molecule has 1 aromatic heterocycles. The van der Waals surface area contributed by atoms with Crippen molar-refractivity contribution in [3.63, 3.8) is 0 Å². The van der Waals surface area contributed by atoms with E-state index in [-0.39, 0.29) is 24.0 Å². The van der Waals surface area contributed by atoms with E-state index < -0.39 is 5.54 Å². The van der Waals surface area contributed by atoms with Gasteiger partial charge in [-0.25, -0.2) is 0 Å². The quantitative estimate of drug-likeness (QED) is 0.849. The van der Waals surface area contributed by atoms with Crippen LogP contribution in [0.1, 0.15) is 54.5 Å². The van der Waals surface area contributed by atoms with Crippen molar-refractivity contribution >= 4 is 11.8 Å². The third kappa shape index (κ3) is 2.29. The molecule has 0 bridgehead atoms. The molecular formula is C15H22N4O3. The molecule has 7 nitrogen and oxygen atoms in total. The summed E-state index contributed by atoms with van der Waals surface area (Å²) < 4.78 is 7.51. The SMILES string of the molecule is CNC(=O)C1(NC(=O)c2nn(C)c3c2C[C@H](C)O[C@@H]3C)CC1. The maximum absolute atomic E-state index is 12.6. The van der Waals surface area contributed by atoms with E-state index in [0.717, 1.165) is 11.3 Å². The van der Waals surface area contributed by atoms with Gasteiger partial charge < -0.3 is 15.4 Å². The highest BCUT2D eigenvalue weighted by Gasteiger charge is 2.51. The zero-order chi connectivity index (χ0) is 16.1. The van der Waals surface area contributed by atoms with Gasteiger partial charge in [0.2, 0.25) is 5.91 Å². The maximum atomic E-state index is 12.6. The summed E-state index contributed by atoms with van der Waals surface area (Å²) in [5, 5.41) is 9.83. The van der Waals surface area contributed by atoms with Crippen LogP contribution in [-0.2, 0) is 23.0 Å². The smallest absolute Gasteiger partial charge is 0.272 e. The van der Waals surface area contributed by atoms with E-state index in [1.165, 1.54) is 0 Å². The predicted octanol–water partition coefficient (Wildman–Crippen LogP) is 0.451. The molecule has 1 aromatic rings. The second kappa shape index (κ2) is 5.08. The lowest BCUT2D eigenvalue weighted by Crippen LogP contribution is -2.48. The van der Waals surface area contributed by atoms with E-state index in [4.69, 9.17) is 4.74 Å². The summed E-state index contributed by atoms with van der Waals surface area (Å²) in [6.45, 7) is 3.95. The van der Waals surface area contributed by atoms with Crippen molar-refractivity contribution < 1.29 is 14.3 Å². The summed E-state index contributed by atoms with van der Waals surface area (Å²) >= 11 is 0. The monoisotopic (exact) mass is 306 g/mol. The summed E-state index contributed by atoms with van der Waals surface area (Å²) in [6, 6.07) is 0. The first kappa shape index (κ1) is 15.0. The molecule has 2 amide bonds. The number of hydrogen-bond acceptors (Lipinski definition) is 4. The van der Waals surface area contributed by atoms with E-state index in [1.807, 2.05) is 20.9 Å². The van der Waals surface area contributed by atoms with Gasteiger partial charge in [-0.05, 0) is 26.7 Å². The Morgan fingerprint density at radius 1 is 1.36 bits per heavy atom. The standard InChI is InChI=1S/C15H22N4O3/c1-8-7-10-11(18-19(4)12(10)9(2)22-8)13(20)17-15(5-6-15)14(21)16-3/h8-9H,5-7H2,1-4H3,(H,16,21)(H,17,20)/t8-,9+/m0/s1. The highest BCUT2D eigenvalue weighted by Crippen LogP contribution is 2.37. The number of amides is 2. The molecule has 1 aliphatic heterocycles. The van der Waals surface area contributed by atoms with Crippen molar-refractivity contribution in [2.24, 2.45) is 7.05 Å². The van der Waals surface area contributed by atoms with Gasteiger partial charge in [-0.2, -0.15) is 5.10 Å². The zero-order valence-electron chi connectivity index (χ0n) is 13.4. The summed E-state index contributed by atoms with van der Waals surface area (Å²) in [6.07, 6.45) is 1.95. The number of hydrogen-bond donors (Lipinski definition) is 2. The molecule has 120 valence electrons. The van der Waals surface area contributed by atoms with Gasteiger partial charge in [-0.1, -0.05) is 0 Å². The van der Waals surface area contributed by atoms with E-state index in [0.29, 0.717) is 25.0 Å². The average Bonchev–Trinajstić information content (AvgIpc) is 3.15. The van der Waals surface area contributed by atoms with E-state index >= 15 is 0 Å². The Labute approximate surface area is 129 Å². The van der Waals surface area contributed by atoms with Crippen molar-refractivity contribution in [2.75, 3.05) is 7.05 Å². The Morgan fingerprint density at radius 3 is 2.64 bits per heavy atom. The third-order valence-electron chi connectivity index (χ3n) is 4.49. The van der Waals surface area contributed by atoms with Crippen LogP contribution in [0.5, 0.6) is 0 Å². The number of likely N-dealkylation sites (N-methyl/N-ethyl adjacent to an activating group) is 1. The second-order valence-corrected chi connectivity index (χ2v) is 6.24. The molecule has 7 heteroatoms. The fourth-order valence-corrected chi connectivity index (χ4v) is 3.27. The van der Waals surface area contributed by atoms with Crippen LogP contribution >= 0.6 is 0 Å². The minimum Gasteiger partial charge on any atom is -0.369 e. The summed E-state index contributed by atoms with van der Waals surface area (Å²) in [5.41, 5.74) is 1.53. The van der Waals surface area contributed by atoms with Crippen molar-refractivity contribution in [2.45, 2.75) is 50.9 Å². The molecule has 0 radical (unpaired) electrons. The number of aromatic nitrogens is 2. The number of ether oxygens (including phenoxy) is 1. The molecule has 1 fully saturated rings. The average molecular weight is 306 g/mol. The van der Waals surface area contributed by atoms with Gasteiger partial charge in [0.25, 0.3) is 5.91 Å². The third-order valence-corrected chi connectivity index (χ3v) is 4.49. The van der Waals surface area contributed by atoms with Gasteiger partial charge in [-0.3, -0.25) is 14.3 Å². The van der Waals surface area contributed by atoms with Crippen LogP contribution in [0.4, 0.5) is 0 Å². The van der Waals surface area contributed by atoms with Crippen molar-refractivity contribution in [1.29, 1.82) is 0 Å². The molecule has 0 unspecified atom stereocenters. The second-order valence-electron chi connectivity index (χ2n) is 6.24. The highest BCUT2D eigenvalue weighted by atomic mass is 16.5. The Morgan fingerprint density at radius 2 is 2.05 bits per heavy atom. The van der Waals surface area contributed by atoms with Crippen LogP contribution < -0.4 is 10.6 Å². The summed E-state index contributed by atoms with van der Waals surface area (Å²) in [5.74, 6) is -0.421. The Bertz CT molecular complexity index is 633. The van der Waals surface area contributed by atoms with Crippen molar-refractivity contribution in [1.82, 2.24) is 20.4 Å². The highest BCUT2D eigenvalue weighted by molar-refractivity contribution is 6.00. The summed E-state index contributed by atoms with van der Waals surface area (Å²) in [4.78, 5) is 24.5. The number of rotatable bonds is 3. The zero-order valence-corrected chi connectivity index (χ0v) is 13.4. The minimum absolute atomic E-state index is 0.0482. The van der Waals surface area contributed by atoms with Crippen LogP contribution in [0.15, 0.2) is 0 Å². The fourth-order valence-electron chi connectivity index (χ4n) is 3.27. The molecule has 22 heavy (non-hydrogen) atoms. The largest absolute Gasteiger partial charge is 0.369 e. The maximum Gasteiger partial charge on any atom is 0.272 e. The lowest BCUT2D eigenvalue weighted by molar-refractivity contribution is -0.123. The van der Waals surface area contributed by atoms with Gasteiger partial charge in [0.05, 0.1) is 17.9 Å². The first-order valence-corrected chi connectivity index (χ1v) is 7.64. The molecule has 2 heterocycles. The van der Waals surface area contributed by atoms with Crippen LogP contribution in [0, 0.1) is 0 Å². The fraction of sp³-hybridized carbons (Fsp3) is 0.667. The van der Waals surface area contributed by atoms with E-state index in [1.54, 1.807) is 11.7 Å². The summed E-state index contributed by atoms with van der Waals surface area (Å²) in [7, 11) is 3.40. The number of nitrogens with one attached hydrogen (secondary N) is 2. The molecule has 1 aliphatic carbocycles. The molecule has 0 saturated heterocycles. The van der Waals surface area contributed by atoms with Crippen molar-refractivity contribution in [3.05, 3.63) is 17.0 Å².